The molecule has 0 fully saturated rings. The predicted molar refractivity (Wildman–Crippen MR) is 81.2 cm³/mol. The van der Waals surface area contributed by atoms with E-state index in [1.165, 1.54) is 0 Å². The molecule has 0 spiro atoms. The third-order valence-corrected chi connectivity index (χ3v) is 3.73. The van der Waals surface area contributed by atoms with E-state index in [0.717, 1.165) is 11.1 Å². The Morgan fingerprint density at radius 3 is 2.68 bits per heavy atom. The molecule has 2 unspecified atom stereocenters. The maximum Gasteiger partial charge on any atom is 0.338 e. The number of rotatable bonds is 3. The summed E-state index contributed by atoms with van der Waals surface area (Å²) in [5, 5.41) is 17.4. The molecule has 5 heteroatoms. The van der Waals surface area contributed by atoms with Crippen LogP contribution in [0, 0.1) is 29.6 Å². The van der Waals surface area contributed by atoms with Crippen LogP contribution in [0.15, 0.2) is 35.6 Å². The van der Waals surface area contributed by atoms with Crippen LogP contribution < -0.4 is 0 Å². The van der Waals surface area contributed by atoms with Crippen LogP contribution >= 0.6 is 0 Å². The van der Waals surface area contributed by atoms with Crippen molar-refractivity contribution in [3.63, 3.8) is 0 Å². The standard InChI is InChI=1S/C17H18N2O3/c1-4-21-17(20)14-11(3)22-16(19)13(9-18)15(14)12-8-6-5-7-10(12)2/h5-8,13,15,19H,4H2,1-3H3. The van der Waals surface area contributed by atoms with Crippen molar-refractivity contribution in [3.8, 4) is 6.07 Å². The van der Waals surface area contributed by atoms with Crippen LogP contribution in [-0.4, -0.2) is 18.5 Å². The van der Waals surface area contributed by atoms with Crippen LogP contribution in [0.3, 0.4) is 0 Å². The molecule has 0 aliphatic carbocycles. The summed E-state index contributed by atoms with van der Waals surface area (Å²) in [5.74, 6) is -1.71. The number of aryl methyl sites for hydroxylation is 1. The van der Waals surface area contributed by atoms with Crippen molar-refractivity contribution < 1.29 is 14.3 Å². The van der Waals surface area contributed by atoms with Gasteiger partial charge in [0.25, 0.3) is 0 Å². The lowest BCUT2D eigenvalue weighted by atomic mass is 9.77. The van der Waals surface area contributed by atoms with Crippen molar-refractivity contribution in [1.29, 1.82) is 10.7 Å². The molecule has 114 valence electrons. The number of benzene rings is 1. The van der Waals surface area contributed by atoms with E-state index in [4.69, 9.17) is 14.9 Å². The van der Waals surface area contributed by atoms with Crippen molar-refractivity contribution in [2.24, 2.45) is 5.92 Å². The second kappa shape index (κ2) is 6.44. The smallest absolute Gasteiger partial charge is 0.338 e. The van der Waals surface area contributed by atoms with E-state index in [-0.39, 0.29) is 12.5 Å². The lowest BCUT2D eigenvalue weighted by molar-refractivity contribution is -0.139. The zero-order chi connectivity index (χ0) is 16.3. The SMILES string of the molecule is CCOC(=O)C1=C(C)OC(=N)C(C#N)C1c1ccccc1C. The van der Waals surface area contributed by atoms with Gasteiger partial charge < -0.3 is 9.47 Å². The zero-order valence-electron chi connectivity index (χ0n) is 12.8. The highest BCUT2D eigenvalue weighted by Crippen LogP contribution is 2.40. The molecule has 0 saturated heterocycles. The van der Waals surface area contributed by atoms with Gasteiger partial charge in [-0.3, -0.25) is 5.41 Å². The number of ether oxygens (including phenoxy) is 2. The molecule has 2 atom stereocenters. The lowest BCUT2D eigenvalue weighted by Gasteiger charge is -2.31. The fourth-order valence-corrected chi connectivity index (χ4v) is 2.70. The Morgan fingerprint density at radius 2 is 2.09 bits per heavy atom. The van der Waals surface area contributed by atoms with Crippen molar-refractivity contribution >= 4 is 11.9 Å². The second-order valence-electron chi connectivity index (χ2n) is 5.10. The number of nitrogens with zero attached hydrogens (tertiary/aromatic N) is 1. The first kappa shape index (κ1) is 15.8. The molecular weight excluding hydrogens is 280 g/mol. The average Bonchev–Trinajstić information content (AvgIpc) is 2.47. The van der Waals surface area contributed by atoms with Gasteiger partial charge >= 0.3 is 5.97 Å². The first-order valence-electron chi connectivity index (χ1n) is 7.10. The van der Waals surface area contributed by atoms with E-state index in [9.17, 15) is 10.1 Å². The van der Waals surface area contributed by atoms with Crippen LogP contribution in [0.2, 0.25) is 0 Å². The molecule has 1 aromatic rings. The van der Waals surface area contributed by atoms with Gasteiger partial charge in [0.2, 0.25) is 5.90 Å². The van der Waals surface area contributed by atoms with E-state index in [1.807, 2.05) is 31.2 Å². The summed E-state index contributed by atoms with van der Waals surface area (Å²) >= 11 is 0. The lowest BCUT2D eigenvalue weighted by Crippen LogP contribution is -2.33. The number of nitriles is 1. The maximum absolute atomic E-state index is 12.3. The fraction of sp³-hybridized carbons (Fsp3) is 0.353. The van der Waals surface area contributed by atoms with Crippen LogP contribution in [0.25, 0.3) is 0 Å². The van der Waals surface area contributed by atoms with E-state index in [1.54, 1.807) is 13.8 Å². The average molecular weight is 298 g/mol. The Hall–Kier alpha value is -2.61. The van der Waals surface area contributed by atoms with E-state index in [2.05, 4.69) is 6.07 Å². The molecule has 1 aromatic carbocycles. The third-order valence-electron chi connectivity index (χ3n) is 3.73. The van der Waals surface area contributed by atoms with Gasteiger partial charge in [0.1, 0.15) is 11.7 Å². The summed E-state index contributed by atoms with van der Waals surface area (Å²) in [6.07, 6.45) is 0. The largest absolute Gasteiger partial charge is 0.463 e. The Bertz CT molecular complexity index is 685. The normalized spacial score (nSPS) is 21.1. The van der Waals surface area contributed by atoms with Gasteiger partial charge in [0.15, 0.2) is 0 Å². The molecule has 0 radical (unpaired) electrons. The van der Waals surface area contributed by atoms with Crippen molar-refractivity contribution in [2.75, 3.05) is 6.61 Å². The molecule has 1 heterocycles. The van der Waals surface area contributed by atoms with E-state index < -0.39 is 17.8 Å². The quantitative estimate of drug-likeness (QED) is 0.869. The fourth-order valence-electron chi connectivity index (χ4n) is 2.70. The van der Waals surface area contributed by atoms with Crippen molar-refractivity contribution in [1.82, 2.24) is 0 Å². The molecular formula is C17H18N2O3. The third kappa shape index (κ3) is 2.73. The number of esters is 1. The minimum atomic E-state index is -0.843. The molecule has 5 nitrogen and oxygen atoms in total. The van der Waals surface area contributed by atoms with Gasteiger partial charge in [-0.15, -0.1) is 0 Å². The molecule has 0 bridgehead atoms. The van der Waals surface area contributed by atoms with Crippen LogP contribution in [0.1, 0.15) is 30.9 Å². The second-order valence-corrected chi connectivity index (χ2v) is 5.10. The van der Waals surface area contributed by atoms with Gasteiger partial charge in [-0.05, 0) is 31.9 Å². The van der Waals surface area contributed by atoms with E-state index >= 15 is 0 Å². The summed E-state index contributed by atoms with van der Waals surface area (Å²) < 4.78 is 10.4. The summed E-state index contributed by atoms with van der Waals surface area (Å²) in [7, 11) is 0. The van der Waals surface area contributed by atoms with Gasteiger partial charge in [-0.1, -0.05) is 24.3 Å². The highest BCUT2D eigenvalue weighted by Gasteiger charge is 2.41. The van der Waals surface area contributed by atoms with Crippen LogP contribution in [0.5, 0.6) is 0 Å². The number of carbonyl (C=O) groups excluding carboxylic acids is 1. The molecule has 1 aliphatic rings. The minimum Gasteiger partial charge on any atom is -0.463 e. The Labute approximate surface area is 129 Å². The van der Waals surface area contributed by atoms with Crippen LogP contribution in [0.4, 0.5) is 0 Å². The Balaban J connectivity index is 2.63. The first-order chi connectivity index (χ1) is 10.5. The van der Waals surface area contributed by atoms with Gasteiger partial charge in [0, 0.05) is 5.92 Å². The summed E-state index contributed by atoms with van der Waals surface area (Å²) in [6.45, 7) is 5.51. The van der Waals surface area contributed by atoms with Gasteiger partial charge in [-0.25, -0.2) is 4.79 Å². The zero-order valence-corrected chi connectivity index (χ0v) is 12.8. The van der Waals surface area contributed by atoms with Gasteiger partial charge in [0.05, 0.1) is 18.2 Å². The number of hydrogen-bond donors (Lipinski definition) is 1. The van der Waals surface area contributed by atoms with Gasteiger partial charge in [-0.2, -0.15) is 5.26 Å². The molecule has 1 N–H and O–H groups in total. The number of carbonyl (C=O) groups is 1. The topological polar surface area (TPSA) is 83.2 Å². The highest BCUT2D eigenvalue weighted by atomic mass is 16.5. The summed E-state index contributed by atoms with van der Waals surface area (Å²) in [4.78, 5) is 12.3. The Morgan fingerprint density at radius 1 is 1.41 bits per heavy atom. The van der Waals surface area contributed by atoms with E-state index in [0.29, 0.717) is 11.3 Å². The maximum atomic E-state index is 12.3. The molecule has 22 heavy (non-hydrogen) atoms. The molecule has 0 amide bonds. The monoisotopic (exact) mass is 298 g/mol. The number of hydrogen-bond acceptors (Lipinski definition) is 5. The molecule has 0 aromatic heterocycles. The van der Waals surface area contributed by atoms with Crippen molar-refractivity contribution in [3.05, 3.63) is 46.7 Å². The number of nitrogens with one attached hydrogen (secondary N) is 1. The molecule has 1 aliphatic heterocycles. The number of allylic oxidation sites excluding steroid dienone is 1. The predicted octanol–water partition coefficient (Wildman–Crippen LogP) is 3.06. The van der Waals surface area contributed by atoms with Crippen molar-refractivity contribution in [2.45, 2.75) is 26.7 Å². The van der Waals surface area contributed by atoms with Crippen LogP contribution in [-0.2, 0) is 14.3 Å². The summed E-state index contributed by atoms with van der Waals surface area (Å²) in [5.41, 5.74) is 2.11. The highest BCUT2D eigenvalue weighted by molar-refractivity contribution is 5.96. The minimum absolute atomic E-state index is 0.138. The first-order valence-corrected chi connectivity index (χ1v) is 7.10. The Kier molecular flexibility index (Phi) is 4.62. The molecule has 0 saturated carbocycles. The summed E-state index contributed by atoms with van der Waals surface area (Å²) in [6, 6.07) is 9.62. The molecule has 2 rings (SSSR count).